The molecule has 68 valence electrons. The molecule has 1 heterocycles. The average Bonchev–Trinajstić information content (AvgIpc) is 2.51. The van der Waals surface area contributed by atoms with Crippen molar-refractivity contribution in [3.63, 3.8) is 0 Å². The Bertz CT molecular complexity index is 243. The van der Waals surface area contributed by atoms with Crippen LogP contribution in [0.3, 0.4) is 0 Å². The predicted octanol–water partition coefficient (Wildman–Crippen LogP) is 4.13. The molecule has 0 saturated heterocycles. The number of rotatable bonds is 3. The summed E-state index contributed by atoms with van der Waals surface area (Å²) in [4.78, 5) is 1.58. The Morgan fingerprint density at radius 1 is 1.33 bits per heavy atom. The van der Waals surface area contributed by atoms with Crippen molar-refractivity contribution in [3.8, 4) is 0 Å². The van der Waals surface area contributed by atoms with Crippen molar-refractivity contribution in [2.75, 3.05) is 0 Å². The molecule has 0 amide bonds. The molecule has 0 unspecified atom stereocenters. The summed E-state index contributed by atoms with van der Waals surface area (Å²) in [7, 11) is 0. The summed E-state index contributed by atoms with van der Waals surface area (Å²) in [6.45, 7) is 9.15. The summed E-state index contributed by atoms with van der Waals surface area (Å²) >= 11 is 1.91. The number of thiophene rings is 1. The molecule has 1 aromatic heterocycles. The molecule has 0 atom stereocenters. The van der Waals surface area contributed by atoms with E-state index >= 15 is 0 Å². The molecule has 0 aliphatic heterocycles. The van der Waals surface area contributed by atoms with E-state index in [1.165, 1.54) is 18.4 Å². The molecule has 0 aliphatic rings. The highest BCUT2D eigenvalue weighted by atomic mass is 32.1. The van der Waals surface area contributed by atoms with Gasteiger partial charge < -0.3 is 0 Å². The van der Waals surface area contributed by atoms with Gasteiger partial charge in [0, 0.05) is 10.3 Å². The van der Waals surface area contributed by atoms with Gasteiger partial charge in [0.25, 0.3) is 0 Å². The van der Waals surface area contributed by atoms with Crippen LogP contribution in [0, 0.1) is 6.92 Å². The first-order valence-electron chi connectivity index (χ1n) is 4.68. The quantitative estimate of drug-likeness (QED) is 0.659. The number of aryl methyl sites for hydroxylation is 1. The van der Waals surface area contributed by atoms with E-state index in [0.29, 0.717) is 5.41 Å². The Labute approximate surface area is 79.6 Å². The number of hydrogen-bond acceptors (Lipinski definition) is 1. The van der Waals surface area contributed by atoms with E-state index < -0.39 is 0 Å². The highest BCUT2D eigenvalue weighted by Crippen LogP contribution is 2.36. The zero-order chi connectivity index (χ0) is 9.19. The Morgan fingerprint density at radius 3 is 2.25 bits per heavy atom. The lowest BCUT2D eigenvalue weighted by molar-refractivity contribution is 0.446. The molecule has 0 saturated carbocycles. The van der Waals surface area contributed by atoms with E-state index in [1.54, 1.807) is 4.88 Å². The fraction of sp³-hybridized carbons (Fsp3) is 0.636. The summed E-state index contributed by atoms with van der Waals surface area (Å²) in [5.74, 6) is 0. The van der Waals surface area contributed by atoms with Crippen LogP contribution in [0.15, 0.2) is 11.4 Å². The molecule has 0 aliphatic carbocycles. The Morgan fingerprint density at radius 2 is 1.92 bits per heavy atom. The van der Waals surface area contributed by atoms with Crippen molar-refractivity contribution in [2.45, 2.75) is 46.0 Å². The minimum Gasteiger partial charge on any atom is -0.148 e. The third kappa shape index (κ3) is 1.56. The Kier molecular flexibility index (Phi) is 2.94. The lowest BCUT2D eigenvalue weighted by atomic mass is 9.82. The largest absolute Gasteiger partial charge is 0.148 e. The van der Waals surface area contributed by atoms with Gasteiger partial charge in [-0.15, -0.1) is 11.3 Å². The molecular formula is C11H18S. The molecule has 0 nitrogen and oxygen atoms in total. The SMILES string of the molecule is CCC(C)(CC)c1sccc1C. The standard InChI is InChI=1S/C11H18S/c1-5-11(4,6-2)10-9(3)7-8-12-10/h7-8H,5-6H2,1-4H3. The first kappa shape index (κ1) is 9.79. The van der Waals surface area contributed by atoms with Crippen LogP contribution in [0.2, 0.25) is 0 Å². The van der Waals surface area contributed by atoms with Crippen LogP contribution in [0.4, 0.5) is 0 Å². The smallest absolute Gasteiger partial charge is 0.0133 e. The van der Waals surface area contributed by atoms with E-state index in [9.17, 15) is 0 Å². The van der Waals surface area contributed by atoms with Crippen molar-refractivity contribution in [1.29, 1.82) is 0 Å². The van der Waals surface area contributed by atoms with Crippen molar-refractivity contribution >= 4 is 11.3 Å². The van der Waals surface area contributed by atoms with Gasteiger partial charge in [-0.1, -0.05) is 20.8 Å². The second kappa shape index (κ2) is 3.61. The molecule has 0 spiro atoms. The van der Waals surface area contributed by atoms with Gasteiger partial charge in [0.15, 0.2) is 0 Å². The predicted molar refractivity (Wildman–Crippen MR) is 57.0 cm³/mol. The van der Waals surface area contributed by atoms with Crippen molar-refractivity contribution < 1.29 is 0 Å². The monoisotopic (exact) mass is 182 g/mol. The van der Waals surface area contributed by atoms with Crippen molar-refractivity contribution in [2.24, 2.45) is 0 Å². The molecular weight excluding hydrogens is 164 g/mol. The molecule has 1 heteroatoms. The van der Waals surface area contributed by atoms with Gasteiger partial charge in [0.2, 0.25) is 0 Å². The highest BCUT2D eigenvalue weighted by molar-refractivity contribution is 7.10. The maximum atomic E-state index is 2.37. The van der Waals surface area contributed by atoms with Crippen LogP contribution < -0.4 is 0 Å². The summed E-state index contributed by atoms with van der Waals surface area (Å²) in [6.07, 6.45) is 2.48. The van der Waals surface area contributed by atoms with E-state index in [0.717, 1.165) is 0 Å². The molecule has 1 rings (SSSR count). The summed E-state index contributed by atoms with van der Waals surface area (Å²) in [6, 6.07) is 2.23. The zero-order valence-corrected chi connectivity index (χ0v) is 9.29. The third-order valence-electron chi connectivity index (χ3n) is 2.97. The van der Waals surface area contributed by atoms with Crippen molar-refractivity contribution in [3.05, 3.63) is 21.9 Å². The molecule has 0 N–H and O–H groups in total. The average molecular weight is 182 g/mol. The molecule has 1 aromatic rings. The first-order valence-corrected chi connectivity index (χ1v) is 5.56. The van der Waals surface area contributed by atoms with Gasteiger partial charge in [-0.25, -0.2) is 0 Å². The first-order chi connectivity index (χ1) is 5.64. The van der Waals surface area contributed by atoms with Gasteiger partial charge >= 0.3 is 0 Å². The van der Waals surface area contributed by atoms with E-state index in [1.807, 2.05) is 11.3 Å². The molecule has 0 aromatic carbocycles. The second-order valence-electron chi connectivity index (χ2n) is 3.70. The summed E-state index contributed by atoms with van der Waals surface area (Å²) in [5.41, 5.74) is 1.88. The van der Waals surface area contributed by atoms with Crippen LogP contribution in [-0.4, -0.2) is 0 Å². The normalized spacial score (nSPS) is 12.0. The minimum atomic E-state index is 0.415. The van der Waals surface area contributed by atoms with E-state index in [2.05, 4.69) is 39.1 Å². The second-order valence-corrected chi connectivity index (χ2v) is 4.62. The van der Waals surface area contributed by atoms with E-state index in [-0.39, 0.29) is 0 Å². The number of hydrogen-bond donors (Lipinski definition) is 0. The fourth-order valence-electron chi connectivity index (χ4n) is 1.56. The van der Waals surface area contributed by atoms with Crippen molar-refractivity contribution in [1.82, 2.24) is 0 Å². The van der Waals surface area contributed by atoms with Gasteiger partial charge in [0.05, 0.1) is 0 Å². The zero-order valence-electron chi connectivity index (χ0n) is 8.48. The van der Waals surface area contributed by atoms with Gasteiger partial charge in [-0.05, 0) is 36.8 Å². The van der Waals surface area contributed by atoms with Gasteiger partial charge in [-0.2, -0.15) is 0 Å². The molecule has 0 fully saturated rings. The Balaban J connectivity index is 3.02. The minimum absolute atomic E-state index is 0.415. The highest BCUT2D eigenvalue weighted by Gasteiger charge is 2.24. The van der Waals surface area contributed by atoms with Crippen LogP contribution in [-0.2, 0) is 5.41 Å². The Hall–Kier alpha value is -0.300. The van der Waals surface area contributed by atoms with Gasteiger partial charge in [0.1, 0.15) is 0 Å². The van der Waals surface area contributed by atoms with Crippen LogP contribution in [0.5, 0.6) is 0 Å². The third-order valence-corrected chi connectivity index (χ3v) is 4.29. The maximum absolute atomic E-state index is 2.37. The van der Waals surface area contributed by atoms with Gasteiger partial charge in [-0.3, -0.25) is 0 Å². The summed E-state index contributed by atoms with van der Waals surface area (Å²) in [5, 5.41) is 2.20. The molecule has 0 bridgehead atoms. The van der Waals surface area contributed by atoms with Crippen LogP contribution >= 0.6 is 11.3 Å². The maximum Gasteiger partial charge on any atom is 0.0133 e. The lowest BCUT2D eigenvalue weighted by Crippen LogP contribution is -2.18. The van der Waals surface area contributed by atoms with Crippen LogP contribution in [0.1, 0.15) is 44.1 Å². The molecule has 0 radical (unpaired) electrons. The van der Waals surface area contributed by atoms with E-state index in [4.69, 9.17) is 0 Å². The van der Waals surface area contributed by atoms with Crippen LogP contribution in [0.25, 0.3) is 0 Å². The molecule has 12 heavy (non-hydrogen) atoms. The topological polar surface area (TPSA) is 0 Å². The lowest BCUT2D eigenvalue weighted by Gasteiger charge is -2.26. The summed E-state index contributed by atoms with van der Waals surface area (Å²) < 4.78 is 0. The fourth-order valence-corrected chi connectivity index (χ4v) is 2.80.